The number of thiazole rings is 1. The molecule has 4 aromatic rings. The fourth-order valence-electron chi connectivity index (χ4n) is 4.62. The Bertz CT molecular complexity index is 1950. The maximum atomic E-state index is 13.8. The van der Waals surface area contributed by atoms with Crippen molar-refractivity contribution in [2.24, 2.45) is 4.99 Å². The second-order valence-electron chi connectivity index (χ2n) is 9.19. The number of carbonyl (C=O) groups excluding carboxylic acids is 1. The van der Waals surface area contributed by atoms with Crippen molar-refractivity contribution in [2.75, 3.05) is 6.61 Å². The van der Waals surface area contributed by atoms with Crippen LogP contribution in [-0.2, 0) is 9.53 Å². The van der Waals surface area contributed by atoms with Gasteiger partial charge in [-0.3, -0.25) is 19.5 Å². The number of nitro groups is 1. The normalized spacial score (nSPS) is 14.9. The average Bonchev–Trinajstić information content (AvgIpc) is 3.52. The molecule has 3 heterocycles. The van der Waals surface area contributed by atoms with E-state index in [-0.39, 0.29) is 28.0 Å². The second-order valence-corrected chi connectivity index (χ2v) is 10.2. The second kappa shape index (κ2) is 10.8. The number of fused-ring (bicyclic) bond motifs is 1. The quantitative estimate of drug-likeness (QED) is 0.198. The Kier molecular flexibility index (Phi) is 7.24. The Morgan fingerprint density at radius 1 is 1.20 bits per heavy atom. The maximum absolute atomic E-state index is 13.8. The van der Waals surface area contributed by atoms with Crippen LogP contribution in [0, 0.1) is 17.0 Å². The fraction of sp³-hybridized carbons (Fsp3) is 0.172. The molecule has 1 aliphatic rings. The van der Waals surface area contributed by atoms with Gasteiger partial charge in [-0.15, -0.1) is 0 Å². The monoisotopic (exact) mass is 573 g/mol. The summed E-state index contributed by atoms with van der Waals surface area (Å²) in [5.74, 6) is -0.978. The van der Waals surface area contributed by atoms with Crippen molar-refractivity contribution in [3.8, 4) is 11.3 Å². The highest BCUT2D eigenvalue weighted by atomic mass is 32.1. The van der Waals surface area contributed by atoms with Crippen LogP contribution in [0.3, 0.4) is 0 Å². The van der Waals surface area contributed by atoms with Crippen molar-refractivity contribution in [1.29, 1.82) is 0 Å². The van der Waals surface area contributed by atoms with E-state index in [9.17, 15) is 29.6 Å². The molecule has 12 heteroatoms. The molecule has 0 fully saturated rings. The number of hydrogen-bond donors (Lipinski definition) is 1. The van der Waals surface area contributed by atoms with Crippen LogP contribution in [0.4, 0.5) is 5.69 Å². The number of hydrogen-bond acceptors (Lipinski definition) is 9. The van der Waals surface area contributed by atoms with Crippen LogP contribution < -0.4 is 14.9 Å². The van der Waals surface area contributed by atoms with Crippen molar-refractivity contribution in [3.63, 3.8) is 0 Å². The Hall–Kier alpha value is -5.10. The van der Waals surface area contributed by atoms with Gasteiger partial charge >= 0.3 is 11.9 Å². The van der Waals surface area contributed by atoms with E-state index in [0.717, 1.165) is 11.3 Å². The van der Waals surface area contributed by atoms with Gasteiger partial charge in [0.25, 0.3) is 11.2 Å². The molecule has 0 aliphatic carbocycles. The lowest BCUT2D eigenvalue weighted by atomic mass is 9.94. The lowest BCUT2D eigenvalue weighted by Gasteiger charge is -2.24. The largest absolute Gasteiger partial charge is 0.478 e. The first-order valence-corrected chi connectivity index (χ1v) is 13.3. The number of esters is 1. The first-order chi connectivity index (χ1) is 19.6. The summed E-state index contributed by atoms with van der Waals surface area (Å²) in [6.45, 7) is 4.99. The summed E-state index contributed by atoms with van der Waals surface area (Å²) in [4.78, 5) is 54.2. The smallest absolute Gasteiger partial charge is 0.338 e. The van der Waals surface area contributed by atoms with Gasteiger partial charge in [0, 0.05) is 23.3 Å². The minimum Gasteiger partial charge on any atom is -0.478 e. The van der Waals surface area contributed by atoms with Gasteiger partial charge in [-0.2, -0.15) is 0 Å². The molecule has 11 nitrogen and oxygen atoms in total. The summed E-state index contributed by atoms with van der Waals surface area (Å²) in [6, 6.07) is 13.2. The molecule has 208 valence electrons. The Balaban J connectivity index is 1.65. The summed E-state index contributed by atoms with van der Waals surface area (Å²) < 4.78 is 12.8. The van der Waals surface area contributed by atoms with E-state index in [0.29, 0.717) is 38.7 Å². The maximum Gasteiger partial charge on any atom is 0.338 e. The molecule has 1 atom stereocenters. The summed E-state index contributed by atoms with van der Waals surface area (Å²) in [6.07, 6.45) is 1.53. The number of aromatic carboxylic acids is 1. The molecule has 1 N–H and O–H groups in total. The third-order valence-corrected chi connectivity index (χ3v) is 7.54. The van der Waals surface area contributed by atoms with Crippen LogP contribution in [0.5, 0.6) is 0 Å². The van der Waals surface area contributed by atoms with E-state index in [1.165, 1.54) is 28.8 Å². The molecule has 2 aromatic carbocycles. The molecule has 1 aliphatic heterocycles. The van der Waals surface area contributed by atoms with E-state index in [1.807, 2.05) is 0 Å². The van der Waals surface area contributed by atoms with E-state index in [2.05, 4.69) is 4.99 Å². The number of benzene rings is 2. The molecule has 0 bridgehead atoms. The van der Waals surface area contributed by atoms with Crippen molar-refractivity contribution < 1.29 is 28.8 Å². The first-order valence-electron chi connectivity index (χ1n) is 12.5. The van der Waals surface area contributed by atoms with E-state index >= 15 is 0 Å². The number of aryl methyl sites for hydroxylation is 1. The topological polar surface area (TPSA) is 154 Å². The molecule has 0 saturated heterocycles. The SMILES string of the molecule is CCOC(=O)C1=C(C)N=c2s/c(=C/c3ccc(-c4cccc(C(=O)O)c4)o3)c(=O)n2[C@@H]1c1ccc(C)c([N+](=O)[O-])c1. The van der Waals surface area contributed by atoms with Gasteiger partial charge in [0.2, 0.25) is 0 Å². The zero-order valence-electron chi connectivity index (χ0n) is 22.1. The molecule has 0 unspecified atom stereocenters. The Morgan fingerprint density at radius 2 is 1.98 bits per heavy atom. The van der Waals surface area contributed by atoms with Gasteiger partial charge < -0.3 is 14.3 Å². The highest BCUT2D eigenvalue weighted by Crippen LogP contribution is 2.33. The molecule has 41 heavy (non-hydrogen) atoms. The van der Waals surface area contributed by atoms with Gasteiger partial charge in [-0.05, 0) is 50.6 Å². The molecule has 0 radical (unpaired) electrons. The minimum atomic E-state index is -1.06. The minimum absolute atomic E-state index is 0.0942. The molecule has 2 aromatic heterocycles. The van der Waals surface area contributed by atoms with Gasteiger partial charge in [0.05, 0.1) is 38.9 Å². The van der Waals surface area contributed by atoms with Crippen LogP contribution in [0.15, 0.2) is 80.1 Å². The number of aromatic nitrogens is 1. The Labute approximate surface area is 236 Å². The Morgan fingerprint density at radius 3 is 2.68 bits per heavy atom. The van der Waals surface area contributed by atoms with Crippen LogP contribution >= 0.6 is 11.3 Å². The molecule has 0 spiro atoms. The first kappa shape index (κ1) is 27.5. The number of furan rings is 1. The van der Waals surface area contributed by atoms with Gasteiger partial charge in [0.15, 0.2) is 4.80 Å². The predicted octanol–water partition coefficient (Wildman–Crippen LogP) is 3.97. The zero-order chi connectivity index (χ0) is 29.4. The van der Waals surface area contributed by atoms with Crippen molar-refractivity contribution in [2.45, 2.75) is 26.8 Å². The number of allylic oxidation sites excluding steroid dienone is 1. The van der Waals surface area contributed by atoms with Crippen LogP contribution in [0.2, 0.25) is 0 Å². The van der Waals surface area contributed by atoms with Crippen molar-refractivity contribution >= 4 is 35.0 Å². The number of nitro benzene ring substituents is 1. The van der Waals surface area contributed by atoms with E-state index in [4.69, 9.17) is 9.15 Å². The summed E-state index contributed by atoms with van der Waals surface area (Å²) in [5.41, 5.74) is 1.31. The molecule has 0 amide bonds. The van der Waals surface area contributed by atoms with E-state index < -0.39 is 28.5 Å². The third kappa shape index (κ3) is 5.12. The summed E-state index contributed by atoms with van der Waals surface area (Å²) in [7, 11) is 0. The highest BCUT2D eigenvalue weighted by Gasteiger charge is 2.34. The molecular weight excluding hydrogens is 550 g/mol. The number of rotatable bonds is 7. The lowest BCUT2D eigenvalue weighted by Crippen LogP contribution is -2.40. The number of carboxylic acid groups (broad SMARTS) is 1. The summed E-state index contributed by atoms with van der Waals surface area (Å²) >= 11 is 1.08. The average molecular weight is 574 g/mol. The molecule has 5 rings (SSSR count). The molecule has 0 saturated carbocycles. The van der Waals surface area contributed by atoms with Crippen molar-refractivity contribution in [1.82, 2.24) is 4.57 Å². The van der Waals surface area contributed by atoms with Gasteiger partial charge in [0.1, 0.15) is 11.5 Å². The van der Waals surface area contributed by atoms with Crippen LogP contribution in [-0.4, -0.2) is 33.1 Å². The third-order valence-electron chi connectivity index (χ3n) is 6.56. The lowest BCUT2D eigenvalue weighted by molar-refractivity contribution is -0.385. The van der Waals surface area contributed by atoms with E-state index in [1.54, 1.807) is 57.2 Å². The molecular formula is C29H23N3O8S. The zero-order valence-corrected chi connectivity index (χ0v) is 22.9. The van der Waals surface area contributed by atoms with Crippen molar-refractivity contribution in [3.05, 3.63) is 118 Å². The van der Waals surface area contributed by atoms with Gasteiger partial charge in [-0.1, -0.05) is 35.6 Å². The predicted molar refractivity (Wildman–Crippen MR) is 149 cm³/mol. The number of carbonyl (C=O) groups is 2. The number of ether oxygens (including phenoxy) is 1. The number of nitrogens with zero attached hydrogens (tertiary/aromatic N) is 3. The van der Waals surface area contributed by atoms with Crippen LogP contribution in [0.1, 0.15) is 47.1 Å². The standard InChI is InChI=1S/C29H23N3O8S/c1-4-39-28(36)24-16(3)30-29-31(25(24)18-9-8-15(2)21(13-18)32(37)38)26(33)23(41-29)14-20-10-11-22(40-20)17-6-5-7-19(12-17)27(34)35/h5-14,25H,4H2,1-3H3,(H,34,35)/b23-14+/t25-/m1/s1. The number of carboxylic acids is 1. The fourth-order valence-corrected chi connectivity index (χ4v) is 5.65. The highest BCUT2D eigenvalue weighted by molar-refractivity contribution is 7.07. The summed E-state index contributed by atoms with van der Waals surface area (Å²) in [5, 5.41) is 21.0. The van der Waals surface area contributed by atoms with Crippen LogP contribution in [0.25, 0.3) is 17.4 Å². The van der Waals surface area contributed by atoms with Gasteiger partial charge in [-0.25, -0.2) is 14.6 Å².